The first kappa shape index (κ1) is 14.2. The summed E-state index contributed by atoms with van der Waals surface area (Å²) in [5.74, 6) is -1.03. The highest BCUT2D eigenvalue weighted by Crippen LogP contribution is 2.27. The van der Waals surface area contributed by atoms with Crippen LogP contribution in [0.25, 0.3) is 0 Å². The van der Waals surface area contributed by atoms with Crippen LogP contribution in [0.3, 0.4) is 0 Å². The zero-order valence-corrected chi connectivity index (χ0v) is 11.8. The van der Waals surface area contributed by atoms with Crippen LogP contribution in [0.1, 0.15) is 52.4 Å². The van der Waals surface area contributed by atoms with E-state index in [1.807, 2.05) is 4.90 Å². The van der Waals surface area contributed by atoms with Crippen molar-refractivity contribution in [3.05, 3.63) is 0 Å². The molecule has 0 bridgehead atoms. The number of nitrogens with zero attached hydrogens (tertiary/aromatic N) is 1. The lowest BCUT2D eigenvalue weighted by Gasteiger charge is -2.39. The molecule has 0 radical (unpaired) electrons. The van der Waals surface area contributed by atoms with E-state index in [-0.39, 0.29) is 30.1 Å². The summed E-state index contributed by atoms with van der Waals surface area (Å²) in [7, 11) is 0. The SMILES string of the molecule is C[C@@H]1CCC[C@H](C)N1C(=O)NC1CCC(C(=O)O)C1. The second-order valence-electron chi connectivity index (χ2n) is 6.03. The molecule has 2 aliphatic rings. The molecule has 0 aromatic heterocycles. The first-order valence-corrected chi connectivity index (χ1v) is 7.30. The van der Waals surface area contributed by atoms with Gasteiger partial charge in [0.25, 0.3) is 0 Å². The zero-order valence-electron chi connectivity index (χ0n) is 11.8. The molecule has 108 valence electrons. The van der Waals surface area contributed by atoms with Gasteiger partial charge in [0.1, 0.15) is 0 Å². The quantitative estimate of drug-likeness (QED) is 0.806. The molecule has 4 atom stereocenters. The first-order valence-electron chi connectivity index (χ1n) is 7.30. The molecule has 2 unspecified atom stereocenters. The molecule has 0 aromatic rings. The van der Waals surface area contributed by atoms with Gasteiger partial charge in [0.15, 0.2) is 0 Å². The predicted octanol–water partition coefficient (Wildman–Crippen LogP) is 2.21. The van der Waals surface area contributed by atoms with E-state index in [1.165, 1.54) is 6.42 Å². The van der Waals surface area contributed by atoms with E-state index in [2.05, 4.69) is 19.2 Å². The Labute approximate surface area is 114 Å². The summed E-state index contributed by atoms with van der Waals surface area (Å²) in [4.78, 5) is 25.2. The third-order valence-corrected chi connectivity index (χ3v) is 4.54. The number of aliphatic carboxylic acids is 1. The third kappa shape index (κ3) is 3.19. The number of rotatable bonds is 2. The Morgan fingerprint density at radius 3 is 2.26 bits per heavy atom. The molecule has 1 saturated carbocycles. The number of hydrogen-bond acceptors (Lipinski definition) is 2. The Morgan fingerprint density at radius 1 is 1.11 bits per heavy atom. The molecule has 1 saturated heterocycles. The third-order valence-electron chi connectivity index (χ3n) is 4.54. The average Bonchev–Trinajstić information content (AvgIpc) is 2.77. The fraction of sp³-hybridized carbons (Fsp3) is 0.857. The van der Waals surface area contributed by atoms with Crippen LogP contribution in [0.15, 0.2) is 0 Å². The van der Waals surface area contributed by atoms with Gasteiger partial charge in [0, 0.05) is 18.1 Å². The van der Waals surface area contributed by atoms with Gasteiger partial charge in [-0.05, 0) is 52.4 Å². The monoisotopic (exact) mass is 268 g/mol. The number of likely N-dealkylation sites (tertiary alicyclic amines) is 1. The summed E-state index contributed by atoms with van der Waals surface area (Å²) in [6.45, 7) is 4.17. The predicted molar refractivity (Wildman–Crippen MR) is 71.9 cm³/mol. The minimum atomic E-state index is -0.739. The highest BCUT2D eigenvalue weighted by molar-refractivity contribution is 5.76. The van der Waals surface area contributed by atoms with Gasteiger partial charge in [-0.1, -0.05) is 0 Å². The van der Waals surface area contributed by atoms with E-state index < -0.39 is 5.97 Å². The van der Waals surface area contributed by atoms with Gasteiger partial charge >= 0.3 is 12.0 Å². The maximum Gasteiger partial charge on any atom is 0.318 e. The van der Waals surface area contributed by atoms with E-state index in [9.17, 15) is 9.59 Å². The minimum absolute atomic E-state index is 0.0178. The normalized spacial score (nSPS) is 35.2. The number of carboxylic acid groups (broad SMARTS) is 1. The second kappa shape index (κ2) is 5.80. The lowest BCUT2D eigenvalue weighted by molar-refractivity contribution is -0.141. The number of hydrogen-bond donors (Lipinski definition) is 2. The van der Waals surface area contributed by atoms with Crippen molar-refractivity contribution in [3.8, 4) is 0 Å². The fourth-order valence-corrected chi connectivity index (χ4v) is 3.41. The minimum Gasteiger partial charge on any atom is -0.481 e. The Balaban J connectivity index is 1.89. The molecule has 2 fully saturated rings. The Hall–Kier alpha value is -1.26. The van der Waals surface area contributed by atoms with Crippen molar-refractivity contribution in [3.63, 3.8) is 0 Å². The van der Waals surface area contributed by atoms with Gasteiger partial charge in [0.2, 0.25) is 0 Å². The highest BCUT2D eigenvalue weighted by atomic mass is 16.4. The van der Waals surface area contributed by atoms with E-state index in [4.69, 9.17) is 5.11 Å². The molecule has 2 rings (SSSR count). The van der Waals surface area contributed by atoms with Gasteiger partial charge in [0.05, 0.1) is 5.92 Å². The van der Waals surface area contributed by atoms with Gasteiger partial charge in [-0.3, -0.25) is 4.79 Å². The maximum atomic E-state index is 12.3. The summed E-state index contributed by atoms with van der Waals surface area (Å²) in [6.07, 6.45) is 5.30. The number of amides is 2. The molecule has 5 heteroatoms. The van der Waals surface area contributed by atoms with Crippen molar-refractivity contribution in [2.75, 3.05) is 0 Å². The lowest BCUT2D eigenvalue weighted by atomic mass is 9.98. The van der Waals surface area contributed by atoms with Crippen LogP contribution in [-0.4, -0.2) is 40.1 Å². The lowest BCUT2D eigenvalue weighted by Crippen LogP contribution is -2.53. The van der Waals surface area contributed by atoms with Crippen LogP contribution >= 0.6 is 0 Å². The molecule has 19 heavy (non-hydrogen) atoms. The topological polar surface area (TPSA) is 69.6 Å². The van der Waals surface area contributed by atoms with Gasteiger partial charge < -0.3 is 15.3 Å². The largest absolute Gasteiger partial charge is 0.481 e. The summed E-state index contributed by atoms with van der Waals surface area (Å²) in [6, 6.07) is 0.562. The van der Waals surface area contributed by atoms with Crippen molar-refractivity contribution >= 4 is 12.0 Å². The molecule has 2 amide bonds. The van der Waals surface area contributed by atoms with Crippen LogP contribution in [0.5, 0.6) is 0 Å². The Bertz CT molecular complexity index is 349. The number of carbonyl (C=O) groups is 2. The molecule has 0 spiro atoms. The summed E-state index contributed by atoms with van der Waals surface area (Å²) >= 11 is 0. The highest BCUT2D eigenvalue weighted by Gasteiger charge is 2.34. The van der Waals surface area contributed by atoms with E-state index in [0.717, 1.165) is 19.3 Å². The first-order chi connectivity index (χ1) is 8.99. The second-order valence-corrected chi connectivity index (χ2v) is 6.03. The van der Waals surface area contributed by atoms with Crippen molar-refractivity contribution in [2.24, 2.45) is 5.92 Å². The Kier molecular flexibility index (Phi) is 4.32. The number of carbonyl (C=O) groups excluding carboxylic acids is 1. The smallest absolute Gasteiger partial charge is 0.318 e. The van der Waals surface area contributed by atoms with Crippen LogP contribution in [0.4, 0.5) is 4.79 Å². The molecule has 2 N–H and O–H groups in total. The number of urea groups is 1. The van der Waals surface area contributed by atoms with E-state index >= 15 is 0 Å². The number of piperidine rings is 1. The summed E-state index contributed by atoms with van der Waals surface area (Å²) in [5, 5.41) is 12.0. The van der Waals surface area contributed by atoms with E-state index in [0.29, 0.717) is 12.8 Å². The van der Waals surface area contributed by atoms with E-state index in [1.54, 1.807) is 0 Å². The Morgan fingerprint density at radius 2 is 1.74 bits per heavy atom. The van der Waals surface area contributed by atoms with Gasteiger partial charge in [-0.25, -0.2) is 4.79 Å². The molecule has 1 heterocycles. The van der Waals surface area contributed by atoms with Crippen LogP contribution in [-0.2, 0) is 4.79 Å². The summed E-state index contributed by atoms with van der Waals surface area (Å²) < 4.78 is 0. The van der Waals surface area contributed by atoms with Crippen molar-refractivity contribution < 1.29 is 14.7 Å². The molecular formula is C14H24N2O3. The zero-order chi connectivity index (χ0) is 14.0. The summed E-state index contributed by atoms with van der Waals surface area (Å²) in [5.41, 5.74) is 0. The maximum absolute atomic E-state index is 12.3. The standard InChI is InChI=1S/C14H24N2O3/c1-9-4-3-5-10(2)16(9)14(19)15-12-7-6-11(8-12)13(17)18/h9-12H,3-8H2,1-2H3,(H,15,19)(H,17,18)/t9-,10+,11?,12?. The van der Waals surface area contributed by atoms with Crippen molar-refractivity contribution in [2.45, 2.75) is 70.5 Å². The molecular weight excluding hydrogens is 244 g/mol. The number of nitrogens with one attached hydrogen (secondary N) is 1. The molecule has 1 aliphatic carbocycles. The average molecular weight is 268 g/mol. The molecule has 1 aliphatic heterocycles. The van der Waals surface area contributed by atoms with Crippen LogP contribution < -0.4 is 5.32 Å². The van der Waals surface area contributed by atoms with Crippen molar-refractivity contribution in [1.82, 2.24) is 10.2 Å². The molecule has 0 aromatic carbocycles. The number of carboxylic acids is 1. The van der Waals surface area contributed by atoms with Crippen LogP contribution in [0.2, 0.25) is 0 Å². The van der Waals surface area contributed by atoms with Gasteiger partial charge in [-0.15, -0.1) is 0 Å². The van der Waals surface area contributed by atoms with Crippen LogP contribution in [0, 0.1) is 5.92 Å². The molecule has 5 nitrogen and oxygen atoms in total. The fourth-order valence-electron chi connectivity index (χ4n) is 3.41. The van der Waals surface area contributed by atoms with Gasteiger partial charge in [-0.2, -0.15) is 0 Å². The van der Waals surface area contributed by atoms with Crippen molar-refractivity contribution in [1.29, 1.82) is 0 Å².